The highest BCUT2D eigenvalue weighted by Gasteiger charge is 2.22. The number of hydrogen-bond donors (Lipinski definition) is 0. The number of hydrogen-bond acceptors (Lipinski definition) is 3. The number of aromatic nitrogens is 2. The van der Waals surface area contributed by atoms with E-state index in [0.29, 0.717) is 0 Å². The molecule has 0 atom stereocenters. The molecule has 3 aromatic rings. The highest BCUT2D eigenvalue weighted by molar-refractivity contribution is 7.20. The van der Waals surface area contributed by atoms with Gasteiger partial charge in [-0.2, -0.15) is 5.10 Å². The van der Waals surface area contributed by atoms with Crippen molar-refractivity contribution < 1.29 is 4.79 Å². The predicted octanol–water partition coefficient (Wildman–Crippen LogP) is 4.33. The summed E-state index contributed by atoms with van der Waals surface area (Å²) in [5.41, 5.74) is 3.22. The lowest BCUT2D eigenvalue weighted by molar-refractivity contribution is 0.0729. The van der Waals surface area contributed by atoms with Gasteiger partial charge in [-0.15, -0.1) is 11.3 Å². The highest BCUT2D eigenvalue weighted by atomic mass is 32.1. The number of likely N-dealkylation sites (tertiary alicyclic amines) is 1. The molecule has 1 aliphatic heterocycles. The van der Waals surface area contributed by atoms with Gasteiger partial charge in [-0.05, 0) is 56.9 Å². The summed E-state index contributed by atoms with van der Waals surface area (Å²) in [6, 6.07) is 10.3. The molecule has 1 amide bonds. The number of rotatable bonds is 2. The quantitative estimate of drug-likeness (QED) is 0.697. The van der Waals surface area contributed by atoms with Gasteiger partial charge in [0.1, 0.15) is 4.83 Å². The summed E-state index contributed by atoms with van der Waals surface area (Å²) < 4.78 is 1.97. The molecule has 4 rings (SSSR count). The Morgan fingerprint density at radius 1 is 1.12 bits per heavy atom. The zero-order valence-electron chi connectivity index (χ0n) is 14.1. The van der Waals surface area contributed by atoms with Crippen molar-refractivity contribution in [1.29, 1.82) is 0 Å². The molecular formula is C19H21N3OS. The Labute approximate surface area is 145 Å². The lowest BCUT2D eigenvalue weighted by atomic mass is 10.1. The summed E-state index contributed by atoms with van der Waals surface area (Å²) in [6.07, 6.45) is 3.47. The van der Waals surface area contributed by atoms with Crippen molar-refractivity contribution in [1.82, 2.24) is 14.7 Å². The summed E-state index contributed by atoms with van der Waals surface area (Å²) in [5, 5.41) is 5.76. The van der Waals surface area contributed by atoms with Gasteiger partial charge in [0.15, 0.2) is 0 Å². The minimum Gasteiger partial charge on any atom is -0.338 e. The molecule has 4 nitrogen and oxygen atoms in total. The number of nitrogens with zero attached hydrogens (tertiary/aromatic N) is 3. The second-order valence-corrected chi connectivity index (χ2v) is 7.55. The summed E-state index contributed by atoms with van der Waals surface area (Å²) in [7, 11) is 0. The van der Waals surface area contributed by atoms with Gasteiger partial charge in [0.2, 0.25) is 0 Å². The first-order valence-corrected chi connectivity index (χ1v) is 9.30. The van der Waals surface area contributed by atoms with Crippen molar-refractivity contribution in [3.8, 4) is 5.69 Å². The minimum absolute atomic E-state index is 0.172. The topological polar surface area (TPSA) is 38.1 Å². The Bertz CT molecular complexity index is 903. The summed E-state index contributed by atoms with van der Waals surface area (Å²) in [6.45, 7) is 5.86. The first-order chi connectivity index (χ1) is 11.6. The molecule has 2 aromatic heterocycles. The normalized spacial score (nSPS) is 15.2. The smallest absolute Gasteiger partial charge is 0.264 e. The van der Waals surface area contributed by atoms with Gasteiger partial charge in [0.05, 0.1) is 16.3 Å². The average molecular weight is 339 g/mol. The molecule has 1 saturated heterocycles. The fourth-order valence-electron chi connectivity index (χ4n) is 3.34. The van der Waals surface area contributed by atoms with E-state index >= 15 is 0 Å². The summed E-state index contributed by atoms with van der Waals surface area (Å²) in [4.78, 5) is 16.7. The van der Waals surface area contributed by atoms with Crippen LogP contribution in [0, 0.1) is 13.8 Å². The molecule has 124 valence electrons. The van der Waals surface area contributed by atoms with Gasteiger partial charge < -0.3 is 4.90 Å². The van der Waals surface area contributed by atoms with Crippen LogP contribution in [0.2, 0.25) is 0 Å². The second kappa shape index (κ2) is 6.06. The summed E-state index contributed by atoms with van der Waals surface area (Å²) >= 11 is 1.56. The number of aryl methyl sites for hydroxylation is 2. The van der Waals surface area contributed by atoms with Gasteiger partial charge in [-0.3, -0.25) is 4.79 Å². The Morgan fingerprint density at radius 2 is 1.92 bits per heavy atom. The number of carbonyl (C=O) groups is 1. The van der Waals surface area contributed by atoms with E-state index in [1.807, 2.05) is 28.6 Å². The molecule has 0 spiro atoms. The van der Waals surface area contributed by atoms with Gasteiger partial charge in [-0.1, -0.05) is 12.1 Å². The van der Waals surface area contributed by atoms with E-state index in [2.05, 4.69) is 30.2 Å². The van der Waals surface area contributed by atoms with Gasteiger partial charge in [-0.25, -0.2) is 4.68 Å². The third kappa shape index (κ3) is 2.63. The number of benzene rings is 1. The molecule has 3 heterocycles. The summed E-state index contributed by atoms with van der Waals surface area (Å²) in [5.74, 6) is 0.172. The van der Waals surface area contributed by atoms with Crippen LogP contribution in [0.5, 0.6) is 0 Å². The van der Waals surface area contributed by atoms with Crippen LogP contribution in [-0.2, 0) is 0 Å². The number of amides is 1. The van der Waals surface area contributed by atoms with Crippen molar-refractivity contribution in [2.24, 2.45) is 0 Å². The monoisotopic (exact) mass is 339 g/mol. The van der Waals surface area contributed by atoms with Gasteiger partial charge in [0, 0.05) is 18.5 Å². The fraction of sp³-hybridized carbons (Fsp3) is 0.368. The van der Waals surface area contributed by atoms with E-state index in [1.165, 1.54) is 12.0 Å². The van der Waals surface area contributed by atoms with Crippen molar-refractivity contribution in [3.63, 3.8) is 0 Å². The third-order valence-electron chi connectivity index (χ3n) is 4.64. The van der Waals surface area contributed by atoms with E-state index in [-0.39, 0.29) is 5.91 Å². The average Bonchev–Trinajstić information content (AvgIpc) is 3.16. The van der Waals surface area contributed by atoms with Crippen LogP contribution in [0.3, 0.4) is 0 Å². The van der Waals surface area contributed by atoms with E-state index in [9.17, 15) is 4.79 Å². The van der Waals surface area contributed by atoms with Crippen molar-refractivity contribution >= 4 is 27.5 Å². The molecule has 0 aliphatic carbocycles. The van der Waals surface area contributed by atoms with Crippen LogP contribution in [0.15, 0.2) is 30.3 Å². The molecule has 0 radical (unpaired) electrons. The maximum atomic E-state index is 12.8. The Morgan fingerprint density at radius 3 is 2.67 bits per heavy atom. The van der Waals surface area contributed by atoms with E-state index in [0.717, 1.165) is 52.4 Å². The van der Waals surface area contributed by atoms with E-state index in [4.69, 9.17) is 0 Å². The number of carbonyl (C=O) groups excluding carboxylic acids is 1. The fourth-order valence-corrected chi connectivity index (χ4v) is 4.49. The molecule has 0 saturated carbocycles. The maximum absolute atomic E-state index is 12.8. The largest absolute Gasteiger partial charge is 0.338 e. The zero-order valence-corrected chi connectivity index (χ0v) is 14.9. The second-order valence-electron chi connectivity index (χ2n) is 6.52. The molecule has 1 aromatic carbocycles. The van der Waals surface area contributed by atoms with Crippen LogP contribution < -0.4 is 0 Å². The lowest BCUT2D eigenvalue weighted by Gasteiger charge is -2.26. The van der Waals surface area contributed by atoms with Gasteiger partial charge in [0.25, 0.3) is 5.91 Å². The van der Waals surface area contributed by atoms with E-state index in [1.54, 1.807) is 11.3 Å². The predicted molar refractivity (Wildman–Crippen MR) is 98.2 cm³/mol. The minimum atomic E-state index is 0.172. The Hall–Kier alpha value is -2.14. The van der Waals surface area contributed by atoms with E-state index < -0.39 is 0 Å². The molecule has 24 heavy (non-hydrogen) atoms. The number of thiophene rings is 1. The first-order valence-electron chi connectivity index (χ1n) is 8.49. The van der Waals surface area contributed by atoms with Crippen LogP contribution in [0.1, 0.15) is 40.2 Å². The molecule has 0 N–H and O–H groups in total. The van der Waals surface area contributed by atoms with Crippen LogP contribution >= 0.6 is 11.3 Å². The standard InChI is InChI=1S/C19H21N3OS/c1-13-7-6-8-15(11-13)22-19-16(14(2)20-22)12-17(24-19)18(23)21-9-4-3-5-10-21/h6-8,11-12H,3-5,9-10H2,1-2H3. The lowest BCUT2D eigenvalue weighted by Crippen LogP contribution is -2.35. The highest BCUT2D eigenvalue weighted by Crippen LogP contribution is 2.31. The maximum Gasteiger partial charge on any atom is 0.264 e. The molecule has 0 bridgehead atoms. The SMILES string of the molecule is Cc1cccc(-n2nc(C)c3cc(C(=O)N4CCCCC4)sc32)c1. The molecular weight excluding hydrogens is 318 g/mol. The Balaban J connectivity index is 1.75. The van der Waals surface area contributed by atoms with Crippen LogP contribution in [0.25, 0.3) is 15.9 Å². The number of fused-ring (bicyclic) bond motifs is 1. The molecule has 0 unspecified atom stereocenters. The van der Waals surface area contributed by atoms with Gasteiger partial charge >= 0.3 is 0 Å². The zero-order chi connectivity index (χ0) is 16.7. The Kier molecular flexibility index (Phi) is 3.88. The van der Waals surface area contributed by atoms with Crippen molar-refractivity contribution in [2.45, 2.75) is 33.1 Å². The first kappa shape index (κ1) is 15.4. The molecule has 5 heteroatoms. The molecule has 1 fully saturated rings. The molecule has 1 aliphatic rings. The number of piperidine rings is 1. The van der Waals surface area contributed by atoms with Crippen LogP contribution in [0.4, 0.5) is 0 Å². The van der Waals surface area contributed by atoms with Crippen molar-refractivity contribution in [3.05, 3.63) is 46.5 Å². The third-order valence-corrected chi connectivity index (χ3v) is 5.74. The van der Waals surface area contributed by atoms with Crippen molar-refractivity contribution in [2.75, 3.05) is 13.1 Å². The van der Waals surface area contributed by atoms with Crippen LogP contribution in [-0.4, -0.2) is 33.7 Å².